The molecule has 3 aromatic heterocycles. The van der Waals surface area contributed by atoms with Gasteiger partial charge in [-0.1, -0.05) is 35.9 Å². The number of carbonyl (C=O) groups is 1. The van der Waals surface area contributed by atoms with Crippen LogP contribution in [0, 0.1) is 0 Å². The molecule has 1 fully saturated rings. The van der Waals surface area contributed by atoms with E-state index in [9.17, 15) is 4.79 Å². The quantitative estimate of drug-likeness (QED) is 0.414. The van der Waals surface area contributed by atoms with E-state index in [0.29, 0.717) is 22.7 Å². The van der Waals surface area contributed by atoms with Crippen molar-refractivity contribution in [1.29, 1.82) is 0 Å². The van der Waals surface area contributed by atoms with Crippen LogP contribution in [0.1, 0.15) is 29.9 Å². The molecule has 1 aromatic carbocycles. The highest BCUT2D eigenvalue weighted by Gasteiger charge is 2.26. The zero-order chi connectivity index (χ0) is 22.8. The van der Waals surface area contributed by atoms with Crippen molar-refractivity contribution in [3.8, 4) is 11.1 Å². The fraction of sp³-hybridized carbons (Fsp3) is 0.208. The number of nitrogens with zero attached hydrogens (tertiary/aromatic N) is 5. The van der Waals surface area contributed by atoms with Gasteiger partial charge in [0.05, 0.1) is 18.3 Å². The van der Waals surface area contributed by atoms with Crippen LogP contribution >= 0.6 is 11.6 Å². The van der Waals surface area contributed by atoms with Crippen molar-refractivity contribution in [3.05, 3.63) is 77.5 Å². The SMILES string of the molecule is Cn1cc(Nc2ncc(-c3ccc(CC(=O)Nc4cc(Cl)c(C5CC5)cn4)cc3)cn2)cn1. The van der Waals surface area contributed by atoms with Crippen LogP contribution in [0.3, 0.4) is 0 Å². The number of hydrogen-bond acceptors (Lipinski definition) is 6. The monoisotopic (exact) mass is 459 g/mol. The highest BCUT2D eigenvalue weighted by molar-refractivity contribution is 6.31. The average molecular weight is 460 g/mol. The largest absolute Gasteiger partial charge is 0.321 e. The average Bonchev–Trinajstić information content (AvgIpc) is 3.56. The maximum Gasteiger partial charge on any atom is 0.229 e. The second-order valence-electron chi connectivity index (χ2n) is 8.11. The Morgan fingerprint density at radius 3 is 2.45 bits per heavy atom. The Morgan fingerprint density at radius 1 is 1.06 bits per heavy atom. The molecule has 2 N–H and O–H groups in total. The molecule has 5 rings (SSSR count). The van der Waals surface area contributed by atoms with Crippen molar-refractivity contribution in [2.24, 2.45) is 7.05 Å². The number of aryl methyl sites for hydroxylation is 1. The van der Waals surface area contributed by atoms with E-state index in [4.69, 9.17) is 11.6 Å². The summed E-state index contributed by atoms with van der Waals surface area (Å²) in [5.74, 6) is 1.36. The number of pyridine rings is 1. The number of rotatable bonds is 7. The van der Waals surface area contributed by atoms with Crippen molar-refractivity contribution >= 4 is 35.0 Å². The van der Waals surface area contributed by atoms with Crippen molar-refractivity contribution in [2.45, 2.75) is 25.2 Å². The van der Waals surface area contributed by atoms with Gasteiger partial charge >= 0.3 is 0 Å². The van der Waals surface area contributed by atoms with Crippen molar-refractivity contribution in [2.75, 3.05) is 10.6 Å². The third kappa shape index (κ3) is 5.18. The second kappa shape index (κ2) is 8.99. The summed E-state index contributed by atoms with van der Waals surface area (Å²) in [6, 6.07) is 9.48. The van der Waals surface area contributed by atoms with E-state index in [1.165, 1.54) is 0 Å². The van der Waals surface area contributed by atoms with Crippen molar-refractivity contribution in [3.63, 3.8) is 0 Å². The molecular weight excluding hydrogens is 438 g/mol. The fourth-order valence-corrected chi connectivity index (χ4v) is 3.85. The minimum atomic E-state index is -0.139. The standard InChI is InChI=1S/C24H22ClN7O/c1-32-14-19(12-29-32)30-24-27-10-18(11-28-24)16-4-2-15(3-5-16)8-23(33)31-22-9-21(25)20(13-26-22)17-6-7-17/h2-5,9-14,17H,6-8H2,1H3,(H,26,31,33)(H,27,28,30). The van der Waals surface area contributed by atoms with Crippen molar-refractivity contribution in [1.82, 2.24) is 24.7 Å². The molecule has 0 atom stereocenters. The summed E-state index contributed by atoms with van der Waals surface area (Å²) in [5.41, 5.74) is 4.64. The molecule has 9 heteroatoms. The molecule has 1 aliphatic carbocycles. The first-order valence-electron chi connectivity index (χ1n) is 10.7. The number of nitrogens with one attached hydrogen (secondary N) is 2. The van der Waals surface area contributed by atoms with E-state index >= 15 is 0 Å². The van der Waals surface area contributed by atoms with E-state index < -0.39 is 0 Å². The molecule has 166 valence electrons. The van der Waals surface area contributed by atoms with Gasteiger partial charge in [-0.2, -0.15) is 5.10 Å². The fourth-order valence-electron chi connectivity index (χ4n) is 3.55. The minimum absolute atomic E-state index is 0.139. The van der Waals surface area contributed by atoms with Gasteiger partial charge in [0.2, 0.25) is 11.9 Å². The third-order valence-electron chi connectivity index (χ3n) is 5.43. The van der Waals surface area contributed by atoms with Crippen LogP contribution in [-0.2, 0) is 18.3 Å². The molecule has 3 heterocycles. The first kappa shape index (κ1) is 21.1. The summed E-state index contributed by atoms with van der Waals surface area (Å²) in [6.45, 7) is 0. The summed E-state index contributed by atoms with van der Waals surface area (Å²) >= 11 is 6.33. The van der Waals surface area contributed by atoms with Gasteiger partial charge in [-0.15, -0.1) is 0 Å². The van der Waals surface area contributed by atoms with E-state index in [1.807, 2.05) is 37.5 Å². The topological polar surface area (TPSA) is 97.6 Å². The maximum atomic E-state index is 12.4. The molecule has 0 radical (unpaired) electrons. The van der Waals surface area contributed by atoms with E-state index in [1.54, 1.807) is 35.5 Å². The molecule has 1 amide bonds. The van der Waals surface area contributed by atoms with Gasteiger partial charge in [0, 0.05) is 42.4 Å². The van der Waals surface area contributed by atoms with Gasteiger partial charge in [-0.25, -0.2) is 15.0 Å². The lowest BCUT2D eigenvalue weighted by Gasteiger charge is -2.08. The van der Waals surface area contributed by atoms with Gasteiger partial charge < -0.3 is 10.6 Å². The molecule has 1 saturated carbocycles. The molecule has 0 unspecified atom stereocenters. The smallest absolute Gasteiger partial charge is 0.229 e. The van der Waals surface area contributed by atoms with Gasteiger partial charge in [-0.3, -0.25) is 9.48 Å². The molecule has 4 aromatic rings. The highest BCUT2D eigenvalue weighted by atomic mass is 35.5. The Bertz CT molecular complexity index is 1280. The van der Waals surface area contributed by atoms with E-state index in [2.05, 4.69) is 30.7 Å². The third-order valence-corrected chi connectivity index (χ3v) is 5.76. The lowest BCUT2D eigenvalue weighted by molar-refractivity contribution is -0.115. The van der Waals surface area contributed by atoms with Crippen LogP contribution in [0.4, 0.5) is 17.5 Å². The number of benzene rings is 1. The number of aromatic nitrogens is 5. The molecule has 0 saturated heterocycles. The molecular formula is C24H22ClN7O. The van der Waals surface area contributed by atoms with Gasteiger partial charge in [0.15, 0.2) is 0 Å². The van der Waals surface area contributed by atoms with Crippen LogP contribution in [0.25, 0.3) is 11.1 Å². The first-order valence-corrected chi connectivity index (χ1v) is 11.0. The zero-order valence-corrected chi connectivity index (χ0v) is 18.8. The predicted molar refractivity (Wildman–Crippen MR) is 128 cm³/mol. The molecule has 0 spiro atoms. The van der Waals surface area contributed by atoms with Crippen LogP contribution in [0.15, 0.2) is 61.3 Å². The lowest BCUT2D eigenvalue weighted by atomic mass is 10.1. The lowest BCUT2D eigenvalue weighted by Crippen LogP contribution is -2.15. The first-order chi connectivity index (χ1) is 16.0. The Morgan fingerprint density at radius 2 is 1.82 bits per heavy atom. The Kier molecular flexibility index (Phi) is 5.75. The summed E-state index contributed by atoms with van der Waals surface area (Å²) < 4.78 is 1.70. The van der Waals surface area contributed by atoms with E-state index in [-0.39, 0.29) is 12.3 Å². The molecule has 0 bridgehead atoms. The number of amides is 1. The molecule has 8 nitrogen and oxygen atoms in total. The normalized spacial score (nSPS) is 13.0. The Balaban J connectivity index is 1.18. The Hall–Kier alpha value is -3.78. The number of hydrogen-bond donors (Lipinski definition) is 2. The van der Waals surface area contributed by atoms with E-state index in [0.717, 1.165) is 40.8 Å². The van der Waals surface area contributed by atoms with Crippen LogP contribution in [0.2, 0.25) is 5.02 Å². The zero-order valence-electron chi connectivity index (χ0n) is 18.0. The predicted octanol–water partition coefficient (Wildman–Crippen LogP) is 4.73. The number of halogens is 1. The molecule has 0 aliphatic heterocycles. The van der Waals surface area contributed by atoms with Gasteiger partial charge in [0.1, 0.15) is 5.82 Å². The van der Waals surface area contributed by atoms with Crippen molar-refractivity contribution < 1.29 is 4.79 Å². The van der Waals surface area contributed by atoms with Crippen LogP contribution < -0.4 is 10.6 Å². The van der Waals surface area contributed by atoms with Gasteiger partial charge in [0.25, 0.3) is 0 Å². The van der Waals surface area contributed by atoms with Crippen LogP contribution in [0.5, 0.6) is 0 Å². The summed E-state index contributed by atoms with van der Waals surface area (Å²) in [4.78, 5) is 25.5. The van der Waals surface area contributed by atoms with Gasteiger partial charge in [-0.05, 0) is 41.5 Å². The second-order valence-corrected chi connectivity index (χ2v) is 8.52. The summed E-state index contributed by atoms with van der Waals surface area (Å²) in [5, 5.41) is 10.7. The Labute approximate surface area is 196 Å². The highest BCUT2D eigenvalue weighted by Crippen LogP contribution is 2.43. The summed E-state index contributed by atoms with van der Waals surface area (Å²) in [6.07, 6.45) is 11.4. The molecule has 33 heavy (non-hydrogen) atoms. The number of anilines is 3. The summed E-state index contributed by atoms with van der Waals surface area (Å²) in [7, 11) is 1.85. The number of carbonyl (C=O) groups excluding carboxylic acids is 1. The van der Waals surface area contributed by atoms with Crippen LogP contribution in [-0.4, -0.2) is 30.6 Å². The maximum absolute atomic E-state index is 12.4. The minimum Gasteiger partial charge on any atom is -0.321 e. The molecule has 1 aliphatic rings.